The van der Waals surface area contributed by atoms with Crippen LogP contribution in [0.3, 0.4) is 0 Å². The maximum Gasteiger partial charge on any atom is 0.0104 e. The van der Waals surface area contributed by atoms with Crippen LogP contribution in [0, 0.1) is 5.92 Å². The Kier molecular flexibility index (Phi) is 3.93. The highest BCUT2D eigenvalue weighted by atomic mass is 15.2. The zero-order valence-electron chi connectivity index (χ0n) is 15.2. The zero-order chi connectivity index (χ0) is 16.7. The van der Waals surface area contributed by atoms with E-state index in [9.17, 15) is 0 Å². The van der Waals surface area contributed by atoms with E-state index in [4.69, 9.17) is 0 Å². The van der Waals surface area contributed by atoms with Gasteiger partial charge in [0.1, 0.15) is 0 Å². The van der Waals surface area contributed by atoms with Crippen molar-refractivity contribution in [3.8, 4) is 0 Å². The van der Waals surface area contributed by atoms with Crippen LogP contribution in [0.15, 0.2) is 54.6 Å². The van der Waals surface area contributed by atoms with Gasteiger partial charge < -0.3 is 4.90 Å². The predicted octanol–water partition coefficient (Wildman–Crippen LogP) is 4.99. The second-order valence-electron chi connectivity index (χ2n) is 8.68. The van der Waals surface area contributed by atoms with Gasteiger partial charge in [0, 0.05) is 12.6 Å². The Morgan fingerprint density at radius 2 is 1.60 bits per heavy atom. The summed E-state index contributed by atoms with van der Waals surface area (Å²) in [4.78, 5) is 2.86. The quantitative estimate of drug-likeness (QED) is 0.766. The molecule has 2 unspecified atom stereocenters. The number of nitrogens with zero attached hydrogens (tertiary/aromatic N) is 1. The minimum absolute atomic E-state index is 0.472. The topological polar surface area (TPSA) is 3.24 Å². The third-order valence-electron chi connectivity index (χ3n) is 7.23. The maximum atomic E-state index is 2.86. The number of hydrogen-bond donors (Lipinski definition) is 0. The van der Waals surface area contributed by atoms with Crippen LogP contribution in [0.25, 0.3) is 0 Å². The average Bonchev–Trinajstić information content (AvgIpc) is 3.08. The molecule has 5 rings (SSSR count). The molecule has 2 aromatic carbocycles. The first kappa shape index (κ1) is 15.6. The summed E-state index contributed by atoms with van der Waals surface area (Å²) in [7, 11) is 0. The Labute approximate surface area is 152 Å². The average molecular weight is 332 g/mol. The van der Waals surface area contributed by atoms with Crippen molar-refractivity contribution in [2.75, 3.05) is 13.1 Å². The zero-order valence-corrected chi connectivity index (χ0v) is 15.2. The molecule has 2 aromatic rings. The number of benzene rings is 2. The lowest BCUT2D eigenvalue weighted by Crippen LogP contribution is -2.52. The Hall–Kier alpha value is -1.60. The van der Waals surface area contributed by atoms with Crippen molar-refractivity contribution < 1.29 is 0 Å². The van der Waals surface area contributed by atoms with E-state index >= 15 is 0 Å². The first-order chi connectivity index (χ1) is 12.3. The van der Waals surface area contributed by atoms with Crippen LogP contribution in [0.2, 0.25) is 0 Å². The molecule has 0 radical (unpaired) electrons. The molecule has 0 spiro atoms. The van der Waals surface area contributed by atoms with Crippen molar-refractivity contribution in [3.63, 3.8) is 0 Å². The van der Waals surface area contributed by atoms with Gasteiger partial charge in [0.25, 0.3) is 0 Å². The molecule has 2 atom stereocenters. The monoisotopic (exact) mass is 331 g/mol. The van der Waals surface area contributed by atoms with Gasteiger partial charge in [-0.05, 0) is 73.1 Å². The summed E-state index contributed by atoms with van der Waals surface area (Å²) in [6, 6.07) is 21.3. The lowest BCUT2D eigenvalue weighted by molar-refractivity contribution is 0.0410. The second-order valence-corrected chi connectivity index (χ2v) is 8.68. The Morgan fingerprint density at radius 3 is 2.36 bits per heavy atom. The van der Waals surface area contributed by atoms with E-state index in [1.807, 2.05) is 0 Å². The predicted molar refractivity (Wildman–Crippen MR) is 104 cm³/mol. The van der Waals surface area contributed by atoms with Crippen molar-refractivity contribution in [1.82, 2.24) is 4.90 Å². The second kappa shape index (κ2) is 6.29. The van der Waals surface area contributed by atoms with Gasteiger partial charge in [-0.25, -0.2) is 0 Å². The van der Waals surface area contributed by atoms with Gasteiger partial charge in [0.05, 0.1) is 0 Å². The van der Waals surface area contributed by atoms with Crippen LogP contribution in [0.5, 0.6) is 0 Å². The normalized spacial score (nSPS) is 29.5. The molecule has 1 saturated carbocycles. The van der Waals surface area contributed by atoms with Crippen LogP contribution in [-0.4, -0.2) is 24.0 Å². The molecule has 0 aromatic heterocycles. The lowest BCUT2D eigenvalue weighted by atomic mass is 9.63. The molecular formula is C24H29N. The Balaban J connectivity index is 1.29. The summed E-state index contributed by atoms with van der Waals surface area (Å²) in [6.07, 6.45) is 9.54. The fourth-order valence-electron chi connectivity index (χ4n) is 5.96. The smallest absolute Gasteiger partial charge is 0.0104 e. The van der Waals surface area contributed by atoms with Crippen molar-refractivity contribution in [1.29, 1.82) is 0 Å². The summed E-state index contributed by atoms with van der Waals surface area (Å²) in [5, 5.41) is 0. The summed E-state index contributed by atoms with van der Waals surface area (Å²) in [5.74, 6) is 0.837. The van der Waals surface area contributed by atoms with Gasteiger partial charge in [-0.3, -0.25) is 0 Å². The van der Waals surface area contributed by atoms with Gasteiger partial charge in [-0.15, -0.1) is 0 Å². The molecule has 3 aliphatic rings. The van der Waals surface area contributed by atoms with Crippen LogP contribution in [0.1, 0.15) is 48.8 Å². The first-order valence-electron chi connectivity index (χ1n) is 10.2. The third-order valence-corrected chi connectivity index (χ3v) is 7.23. The first-order valence-corrected chi connectivity index (χ1v) is 10.2. The van der Waals surface area contributed by atoms with Gasteiger partial charge >= 0.3 is 0 Å². The van der Waals surface area contributed by atoms with Crippen molar-refractivity contribution >= 4 is 0 Å². The highest BCUT2D eigenvalue weighted by Crippen LogP contribution is 2.47. The molecule has 1 saturated heterocycles. The van der Waals surface area contributed by atoms with Crippen LogP contribution < -0.4 is 0 Å². The molecule has 1 heterocycles. The van der Waals surface area contributed by atoms with Crippen molar-refractivity contribution in [2.45, 2.75) is 56.4 Å². The summed E-state index contributed by atoms with van der Waals surface area (Å²) in [6.45, 7) is 2.61. The number of rotatable bonds is 3. The van der Waals surface area contributed by atoms with E-state index in [1.54, 1.807) is 16.7 Å². The molecule has 2 fully saturated rings. The summed E-state index contributed by atoms with van der Waals surface area (Å²) >= 11 is 0. The fourth-order valence-corrected chi connectivity index (χ4v) is 5.96. The molecule has 2 aliphatic carbocycles. The van der Waals surface area contributed by atoms with E-state index in [-0.39, 0.29) is 0 Å². The number of piperidine rings is 1. The van der Waals surface area contributed by atoms with Crippen molar-refractivity contribution in [3.05, 3.63) is 71.3 Å². The maximum absolute atomic E-state index is 2.86. The van der Waals surface area contributed by atoms with E-state index in [0.717, 1.165) is 12.0 Å². The molecule has 0 N–H and O–H groups in total. The summed E-state index contributed by atoms with van der Waals surface area (Å²) in [5.41, 5.74) is 5.28. The highest BCUT2D eigenvalue weighted by molar-refractivity contribution is 5.32. The van der Waals surface area contributed by atoms with Crippen LogP contribution >= 0.6 is 0 Å². The molecule has 130 valence electrons. The fraction of sp³-hybridized carbons (Fsp3) is 0.500. The van der Waals surface area contributed by atoms with Crippen LogP contribution in [0.4, 0.5) is 0 Å². The molecule has 1 aliphatic heterocycles. The van der Waals surface area contributed by atoms with Crippen molar-refractivity contribution in [2.24, 2.45) is 5.92 Å². The minimum atomic E-state index is 0.472. The molecule has 0 amide bonds. The van der Waals surface area contributed by atoms with E-state index in [1.165, 1.54) is 58.0 Å². The molecular weight excluding hydrogens is 302 g/mol. The van der Waals surface area contributed by atoms with Gasteiger partial charge in [-0.1, -0.05) is 61.0 Å². The largest absolute Gasteiger partial charge is 0.300 e. The van der Waals surface area contributed by atoms with E-state index < -0.39 is 0 Å². The summed E-state index contributed by atoms with van der Waals surface area (Å²) < 4.78 is 0. The number of fused-ring (bicyclic) bond motifs is 3. The molecule has 1 nitrogen and oxygen atoms in total. The minimum Gasteiger partial charge on any atom is -0.300 e. The third kappa shape index (κ3) is 2.83. The van der Waals surface area contributed by atoms with Gasteiger partial charge in [0.15, 0.2) is 0 Å². The van der Waals surface area contributed by atoms with E-state index in [0.29, 0.717) is 5.41 Å². The lowest BCUT2D eigenvalue weighted by Gasteiger charge is -2.51. The van der Waals surface area contributed by atoms with Crippen LogP contribution in [-0.2, 0) is 18.3 Å². The standard InChI is InChI=1S/C24H29N/c1-2-9-22(10-3-1)24-12-6-11-23(17-24)25(14-13-24)18-19-15-20-7-4-5-8-21(20)16-19/h1-5,7-10,19,23H,6,11-18H2. The molecule has 1 heteroatoms. The molecule has 2 bridgehead atoms. The Morgan fingerprint density at radius 1 is 0.880 bits per heavy atom. The Bertz CT molecular complexity index is 712. The number of hydrogen-bond acceptors (Lipinski definition) is 1. The highest BCUT2D eigenvalue weighted by Gasteiger charge is 2.44. The van der Waals surface area contributed by atoms with E-state index in [2.05, 4.69) is 59.5 Å². The number of likely N-dealkylation sites (tertiary alicyclic amines) is 1. The van der Waals surface area contributed by atoms with Gasteiger partial charge in [0.2, 0.25) is 0 Å². The SMILES string of the molecule is c1ccc(C23CCCC(C2)N(CC2Cc4ccccc4C2)CC3)cc1. The molecule has 25 heavy (non-hydrogen) atoms. The van der Waals surface area contributed by atoms with Gasteiger partial charge in [-0.2, -0.15) is 0 Å².